The minimum absolute atomic E-state index is 0.208. The van der Waals surface area contributed by atoms with Crippen LogP contribution >= 0.6 is 0 Å². The topological polar surface area (TPSA) is 89.7 Å². The Kier molecular flexibility index (Phi) is 6.21. The van der Waals surface area contributed by atoms with Crippen LogP contribution in [0.3, 0.4) is 0 Å². The minimum atomic E-state index is -0.322. The first-order valence-corrected chi connectivity index (χ1v) is 10.4. The molecule has 0 saturated heterocycles. The van der Waals surface area contributed by atoms with Crippen molar-refractivity contribution in [3.05, 3.63) is 94.0 Å². The molecule has 2 N–H and O–H groups in total. The summed E-state index contributed by atoms with van der Waals surface area (Å²) in [6.07, 6.45) is 1.69. The van der Waals surface area contributed by atoms with Gasteiger partial charge in [0.2, 0.25) is 0 Å². The van der Waals surface area contributed by atoms with E-state index in [9.17, 15) is 9.59 Å². The first kappa shape index (κ1) is 21.2. The van der Waals surface area contributed by atoms with Crippen molar-refractivity contribution in [1.82, 2.24) is 19.5 Å². The number of ether oxygens (including phenoxy) is 1. The summed E-state index contributed by atoms with van der Waals surface area (Å²) in [5.41, 5.74) is 4.00. The van der Waals surface area contributed by atoms with Crippen LogP contribution in [-0.2, 0) is 6.54 Å². The molecule has 0 unspecified atom stereocenters. The highest BCUT2D eigenvalue weighted by atomic mass is 16.5. The van der Waals surface area contributed by atoms with Gasteiger partial charge in [0.25, 0.3) is 0 Å². The molecule has 8 nitrogen and oxygen atoms in total. The van der Waals surface area contributed by atoms with Crippen LogP contribution < -0.4 is 21.1 Å². The summed E-state index contributed by atoms with van der Waals surface area (Å²) in [7, 11) is 0. The van der Waals surface area contributed by atoms with Crippen LogP contribution in [0.5, 0.6) is 5.75 Å². The normalized spacial score (nSPS) is 10.8. The second-order valence-corrected chi connectivity index (χ2v) is 7.52. The summed E-state index contributed by atoms with van der Waals surface area (Å²) >= 11 is 0. The maximum absolute atomic E-state index is 12.5. The van der Waals surface area contributed by atoms with Crippen molar-refractivity contribution < 1.29 is 9.53 Å². The second kappa shape index (κ2) is 9.38. The van der Waals surface area contributed by atoms with Crippen molar-refractivity contribution in [1.29, 1.82) is 0 Å². The first-order chi connectivity index (χ1) is 15.5. The molecule has 32 heavy (non-hydrogen) atoms. The van der Waals surface area contributed by atoms with E-state index < -0.39 is 0 Å². The van der Waals surface area contributed by atoms with Crippen molar-refractivity contribution in [3.63, 3.8) is 0 Å². The van der Waals surface area contributed by atoms with Gasteiger partial charge < -0.3 is 15.4 Å². The molecule has 0 spiro atoms. The fraction of sp³-hybridized carbons (Fsp3) is 0.208. The Bertz CT molecular complexity index is 1290. The SMILES string of the molecule is Cc1cccc(C)c1OCCNC(=O)Nc1cccc(Cn2nc3ccccn3c2=O)c1. The molecule has 2 amide bonds. The number of carbonyl (C=O) groups excluding carboxylic acids is 1. The zero-order chi connectivity index (χ0) is 22.5. The predicted molar refractivity (Wildman–Crippen MR) is 123 cm³/mol. The Morgan fingerprint density at radius 3 is 2.59 bits per heavy atom. The number of pyridine rings is 1. The van der Waals surface area contributed by atoms with E-state index in [0.717, 1.165) is 22.4 Å². The van der Waals surface area contributed by atoms with Crippen LogP contribution in [0.4, 0.5) is 10.5 Å². The number of fused-ring (bicyclic) bond motifs is 1. The van der Waals surface area contributed by atoms with Gasteiger partial charge in [0.05, 0.1) is 13.1 Å². The van der Waals surface area contributed by atoms with Crippen LogP contribution in [0.2, 0.25) is 0 Å². The summed E-state index contributed by atoms with van der Waals surface area (Å²) in [5.74, 6) is 0.851. The molecular weight excluding hydrogens is 406 g/mol. The van der Waals surface area contributed by atoms with E-state index in [2.05, 4.69) is 15.7 Å². The smallest absolute Gasteiger partial charge is 0.350 e. The lowest BCUT2D eigenvalue weighted by Crippen LogP contribution is -2.32. The van der Waals surface area contributed by atoms with Gasteiger partial charge in [-0.15, -0.1) is 5.10 Å². The standard InChI is InChI=1S/C24H25N5O3/c1-17-7-5-8-18(2)22(17)32-14-12-25-23(30)26-20-10-6-9-19(15-20)16-29-24(31)28-13-4-3-11-21(28)27-29/h3-11,13,15H,12,14,16H2,1-2H3,(H2,25,26,30). The van der Waals surface area contributed by atoms with Gasteiger partial charge in [0.1, 0.15) is 12.4 Å². The molecule has 0 bridgehead atoms. The number of rotatable bonds is 7. The average Bonchev–Trinajstić information content (AvgIpc) is 3.08. The van der Waals surface area contributed by atoms with Crippen LogP contribution in [0.1, 0.15) is 16.7 Å². The van der Waals surface area contributed by atoms with E-state index in [1.807, 2.05) is 56.3 Å². The number of anilines is 1. The van der Waals surface area contributed by atoms with E-state index in [4.69, 9.17) is 4.74 Å². The molecule has 0 aliphatic heterocycles. The number of nitrogens with zero attached hydrogens (tertiary/aromatic N) is 3. The Morgan fingerprint density at radius 2 is 1.81 bits per heavy atom. The monoisotopic (exact) mass is 431 g/mol. The summed E-state index contributed by atoms with van der Waals surface area (Å²) in [6.45, 7) is 5.04. The quantitative estimate of drug-likeness (QED) is 0.439. The third-order valence-corrected chi connectivity index (χ3v) is 5.05. The van der Waals surface area contributed by atoms with Gasteiger partial charge in [-0.25, -0.2) is 14.3 Å². The molecule has 0 saturated carbocycles. The summed E-state index contributed by atoms with van der Waals surface area (Å²) in [4.78, 5) is 24.7. The van der Waals surface area contributed by atoms with Gasteiger partial charge >= 0.3 is 11.7 Å². The number of urea groups is 1. The van der Waals surface area contributed by atoms with Gasteiger partial charge in [0, 0.05) is 11.9 Å². The number of aryl methyl sites for hydroxylation is 2. The lowest BCUT2D eigenvalue weighted by Gasteiger charge is -2.13. The van der Waals surface area contributed by atoms with Gasteiger partial charge in [-0.05, 0) is 54.8 Å². The van der Waals surface area contributed by atoms with E-state index in [0.29, 0.717) is 31.0 Å². The van der Waals surface area contributed by atoms with Crippen molar-refractivity contribution >= 4 is 17.4 Å². The largest absolute Gasteiger partial charge is 0.491 e. The third kappa shape index (κ3) is 4.80. The second-order valence-electron chi connectivity index (χ2n) is 7.52. The maximum Gasteiger partial charge on any atom is 0.350 e. The summed E-state index contributed by atoms with van der Waals surface area (Å²) < 4.78 is 8.70. The highest BCUT2D eigenvalue weighted by Crippen LogP contribution is 2.21. The highest BCUT2D eigenvalue weighted by Gasteiger charge is 2.08. The third-order valence-electron chi connectivity index (χ3n) is 5.05. The summed E-state index contributed by atoms with van der Waals surface area (Å²) in [6, 6.07) is 18.4. The Balaban J connectivity index is 1.32. The number of para-hydroxylation sites is 1. The maximum atomic E-state index is 12.5. The molecule has 0 fully saturated rings. The van der Waals surface area contributed by atoms with E-state index in [1.54, 1.807) is 24.4 Å². The van der Waals surface area contributed by atoms with Crippen LogP contribution in [-0.4, -0.2) is 33.4 Å². The Morgan fingerprint density at radius 1 is 1.03 bits per heavy atom. The Hall–Kier alpha value is -4.07. The number of nitrogens with one attached hydrogen (secondary N) is 2. The molecule has 4 rings (SSSR count). The van der Waals surface area contributed by atoms with Gasteiger partial charge in [-0.1, -0.05) is 36.4 Å². The van der Waals surface area contributed by atoms with Crippen LogP contribution in [0, 0.1) is 13.8 Å². The molecule has 0 radical (unpaired) electrons. The molecule has 0 aliphatic rings. The fourth-order valence-electron chi connectivity index (χ4n) is 3.51. The zero-order valence-electron chi connectivity index (χ0n) is 18.0. The number of hydrogen-bond acceptors (Lipinski definition) is 4. The fourth-order valence-corrected chi connectivity index (χ4v) is 3.51. The van der Waals surface area contributed by atoms with E-state index >= 15 is 0 Å². The molecule has 2 heterocycles. The molecule has 0 atom stereocenters. The Labute approximate surface area is 185 Å². The van der Waals surface area contributed by atoms with Crippen LogP contribution in [0.15, 0.2) is 71.7 Å². The van der Waals surface area contributed by atoms with Crippen LogP contribution in [0.25, 0.3) is 5.65 Å². The highest BCUT2D eigenvalue weighted by molar-refractivity contribution is 5.89. The first-order valence-electron chi connectivity index (χ1n) is 10.4. The van der Waals surface area contributed by atoms with Gasteiger partial charge in [0.15, 0.2) is 5.65 Å². The molecule has 2 aromatic heterocycles. The predicted octanol–water partition coefficient (Wildman–Crippen LogP) is 3.36. The molecular formula is C24H25N5O3. The van der Waals surface area contributed by atoms with Crippen molar-refractivity contribution in [2.24, 2.45) is 0 Å². The molecule has 164 valence electrons. The molecule has 2 aromatic carbocycles. The molecule has 4 aromatic rings. The van der Waals surface area contributed by atoms with E-state index in [-0.39, 0.29) is 11.7 Å². The number of carbonyl (C=O) groups is 1. The molecule has 0 aliphatic carbocycles. The average molecular weight is 431 g/mol. The lowest BCUT2D eigenvalue weighted by molar-refractivity contribution is 0.247. The van der Waals surface area contributed by atoms with Crippen molar-refractivity contribution in [3.8, 4) is 5.75 Å². The van der Waals surface area contributed by atoms with Gasteiger partial charge in [-0.3, -0.25) is 4.40 Å². The van der Waals surface area contributed by atoms with Gasteiger partial charge in [-0.2, -0.15) is 0 Å². The summed E-state index contributed by atoms with van der Waals surface area (Å²) in [5, 5.41) is 9.94. The van der Waals surface area contributed by atoms with Crippen molar-refractivity contribution in [2.75, 3.05) is 18.5 Å². The van der Waals surface area contributed by atoms with Crippen molar-refractivity contribution in [2.45, 2.75) is 20.4 Å². The van der Waals surface area contributed by atoms with E-state index in [1.165, 1.54) is 9.08 Å². The minimum Gasteiger partial charge on any atom is -0.491 e. The molecule has 8 heteroatoms. The zero-order valence-corrected chi connectivity index (χ0v) is 18.0. The lowest BCUT2D eigenvalue weighted by atomic mass is 10.1. The number of amides is 2. The number of benzene rings is 2. The number of hydrogen-bond donors (Lipinski definition) is 2. The number of aromatic nitrogens is 3.